The van der Waals surface area contributed by atoms with Gasteiger partial charge in [0.15, 0.2) is 0 Å². The normalized spacial score (nSPS) is 13.3. The summed E-state index contributed by atoms with van der Waals surface area (Å²) in [6.07, 6.45) is 0. The average Bonchev–Trinajstić information content (AvgIpc) is 2.56. The second kappa shape index (κ2) is 3.99. The van der Waals surface area contributed by atoms with Gasteiger partial charge in [-0.2, -0.15) is 0 Å². The molecule has 0 aliphatic heterocycles. The summed E-state index contributed by atoms with van der Waals surface area (Å²) in [5, 5.41) is 3.06. The van der Waals surface area contributed by atoms with E-state index >= 15 is 0 Å². The molecule has 0 aliphatic rings. The molecule has 0 saturated heterocycles. The number of hydrogen-bond donors (Lipinski definition) is 1. The van der Waals surface area contributed by atoms with Gasteiger partial charge in [0.25, 0.3) is 0 Å². The number of halogens is 1. The molecule has 0 unspecified atom stereocenters. The highest BCUT2D eigenvalue weighted by atomic mass is 79.9. The highest BCUT2D eigenvalue weighted by molar-refractivity contribution is 9.10. The fraction of sp³-hybridized carbons (Fsp3) is 0.429. The van der Waals surface area contributed by atoms with Gasteiger partial charge in [-0.3, -0.25) is 0 Å². The SMILES string of the molecule is CC(C)(C)[Si](C)(C)c1[nH]c2ccccc2c1Br. The summed E-state index contributed by atoms with van der Waals surface area (Å²) >= 11 is 3.78. The molecule has 0 radical (unpaired) electrons. The van der Waals surface area contributed by atoms with E-state index < -0.39 is 8.07 Å². The predicted molar refractivity (Wildman–Crippen MR) is 82.8 cm³/mol. The molecule has 0 saturated carbocycles. The quantitative estimate of drug-likeness (QED) is 0.738. The molecular formula is C14H20BrNSi. The van der Waals surface area contributed by atoms with Gasteiger partial charge in [-0.25, -0.2) is 0 Å². The largest absolute Gasteiger partial charge is 0.361 e. The lowest BCUT2D eigenvalue weighted by atomic mass is 10.2. The maximum atomic E-state index is 3.78. The number of aromatic amines is 1. The van der Waals surface area contributed by atoms with Gasteiger partial charge in [-0.1, -0.05) is 52.1 Å². The third-order valence-electron chi connectivity index (χ3n) is 4.14. The Kier molecular flexibility index (Phi) is 3.03. The van der Waals surface area contributed by atoms with Gasteiger partial charge < -0.3 is 4.98 Å². The third-order valence-corrected chi connectivity index (χ3v) is 10.7. The first-order valence-electron chi connectivity index (χ1n) is 6.02. The molecular weight excluding hydrogens is 290 g/mol. The predicted octanol–water partition coefficient (Wildman–Crippen LogP) is 4.65. The molecule has 92 valence electrons. The second-order valence-corrected chi connectivity index (χ2v) is 12.3. The number of nitrogens with one attached hydrogen (secondary N) is 1. The topological polar surface area (TPSA) is 15.8 Å². The lowest BCUT2D eigenvalue weighted by molar-refractivity contribution is 0.728. The Balaban J connectivity index is 2.68. The standard InChI is InChI=1S/C14H20BrNSi/c1-14(2,3)17(4,5)13-12(15)10-8-6-7-9-11(10)16-13/h6-9,16H,1-5H3. The van der Waals surface area contributed by atoms with Crippen LogP contribution in [0.4, 0.5) is 0 Å². The molecule has 3 heteroatoms. The maximum Gasteiger partial charge on any atom is 0.108 e. The lowest BCUT2D eigenvalue weighted by Gasteiger charge is -2.36. The van der Waals surface area contributed by atoms with Gasteiger partial charge in [0, 0.05) is 20.7 Å². The van der Waals surface area contributed by atoms with Crippen molar-refractivity contribution in [2.24, 2.45) is 0 Å². The minimum absolute atomic E-state index is 0.344. The zero-order valence-corrected chi connectivity index (χ0v) is 13.8. The summed E-state index contributed by atoms with van der Waals surface area (Å²) in [5.74, 6) is 0. The number of hydrogen-bond acceptors (Lipinski definition) is 0. The van der Waals surface area contributed by atoms with Crippen LogP contribution in [0.3, 0.4) is 0 Å². The van der Waals surface area contributed by atoms with Gasteiger partial charge in [0.1, 0.15) is 8.07 Å². The molecule has 1 heterocycles. The average molecular weight is 310 g/mol. The van der Waals surface area contributed by atoms with Crippen molar-refractivity contribution in [2.75, 3.05) is 0 Å². The van der Waals surface area contributed by atoms with Gasteiger partial charge in [-0.15, -0.1) is 0 Å². The lowest BCUT2D eigenvalue weighted by Crippen LogP contribution is -2.50. The van der Waals surface area contributed by atoms with Crippen LogP contribution in [0, 0.1) is 0 Å². The van der Waals surface area contributed by atoms with Crippen molar-refractivity contribution in [3.05, 3.63) is 28.7 Å². The molecule has 1 N–H and O–H groups in total. The zero-order chi connectivity index (χ0) is 12.8. The monoisotopic (exact) mass is 309 g/mol. The van der Waals surface area contributed by atoms with Crippen molar-refractivity contribution in [3.8, 4) is 0 Å². The first-order valence-corrected chi connectivity index (χ1v) is 9.81. The molecule has 0 bridgehead atoms. The van der Waals surface area contributed by atoms with Gasteiger partial charge in [0.2, 0.25) is 0 Å². The van der Waals surface area contributed by atoms with Crippen molar-refractivity contribution in [3.63, 3.8) is 0 Å². The van der Waals surface area contributed by atoms with Crippen molar-refractivity contribution < 1.29 is 0 Å². The van der Waals surface area contributed by atoms with Crippen LogP contribution in [0.1, 0.15) is 20.8 Å². The van der Waals surface area contributed by atoms with Gasteiger partial charge in [-0.05, 0) is 27.0 Å². The minimum Gasteiger partial charge on any atom is -0.361 e. The molecule has 0 amide bonds. The van der Waals surface area contributed by atoms with E-state index in [0.717, 1.165) is 0 Å². The van der Waals surface area contributed by atoms with E-state index in [1.807, 2.05) is 0 Å². The maximum absolute atomic E-state index is 3.78. The zero-order valence-electron chi connectivity index (χ0n) is 11.2. The van der Waals surface area contributed by atoms with Crippen LogP contribution in [-0.2, 0) is 0 Å². The van der Waals surface area contributed by atoms with Crippen LogP contribution < -0.4 is 5.32 Å². The Morgan fingerprint density at radius 3 is 2.24 bits per heavy atom. The molecule has 2 rings (SSSR count). The fourth-order valence-electron chi connectivity index (χ4n) is 1.91. The third kappa shape index (κ3) is 2.00. The van der Waals surface area contributed by atoms with Crippen molar-refractivity contribution in [2.45, 2.75) is 38.9 Å². The number of para-hydroxylation sites is 1. The molecule has 17 heavy (non-hydrogen) atoms. The van der Waals surface area contributed by atoms with Crippen molar-refractivity contribution in [1.82, 2.24) is 4.98 Å². The Morgan fingerprint density at radius 1 is 1.12 bits per heavy atom. The highest BCUT2D eigenvalue weighted by Gasteiger charge is 2.39. The van der Waals surface area contributed by atoms with Crippen molar-refractivity contribution >= 4 is 40.2 Å². The number of fused-ring (bicyclic) bond motifs is 1. The smallest absolute Gasteiger partial charge is 0.108 e. The first kappa shape index (κ1) is 12.9. The van der Waals surface area contributed by atoms with E-state index in [9.17, 15) is 0 Å². The molecule has 0 fully saturated rings. The van der Waals surface area contributed by atoms with Gasteiger partial charge in [0.05, 0.1) is 0 Å². The number of benzene rings is 1. The molecule has 1 nitrogen and oxygen atoms in total. The Hall–Kier alpha value is -0.543. The molecule has 0 aliphatic carbocycles. The van der Waals surface area contributed by atoms with Crippen LogP contribution in [0.15, 0.2) is 28.7 Å². The first-order chi connectivity index (χ1) is 7.75. The van der Waals surface area contributed by atoms with Crippen LogP contribution in [0.25, 0.3) is 10.9 Å². The highest BCUT2D eigenvalue weighted by Crippen LogP contribution is 2.38. The van der Waals surface area contributed by atoms with E-state index in [0.29, 0.717) is 5.04 Å². The molecule has 1 aromatic heterocycles. The summed E-state index contributed by atoms with van der Waals surface area (Å²) < 4.78 is 1.26. The van der Waals surface area contributed by atoms with Gasteiger partial charge >= 0.3 is 0 Å². The van der Waals surface area contributed by atoms with Crippen molar-refractivity contribution in [1.29, 1.82) is 0 Å². The summed E-state index contributed by atoms with van der Waals surface area (Å²) in [5.41, 5.74) is 1.24. The van der Waals surface area contributed by atoms with Crippen LogP contribution in [-0.4, -0.2) is 13.1 Å². The second-order valence-electron chi connectivity index (χ2n) is 6.23. The molecule has 0 spiro atoms. The van der Waals surface area contributed by atoms with Crippen LogP contribution in [0.2, 0.25) is 18.1 Å². The van der Waals surface area contributed by atoms with Crippen LogP contribution in [0.5, 0.6) is 0 Å². The number of H-pyrrole nitrogens is 1. The summed E-state index contributed by atoms with van der Waals surface area (Å²) in [4.78, 5) is 3.63. The molecule has 2 aromatic rings. The minimum atomic E-state index is -1.51. The Bertz CT molecular complexity index is 549. The summed E-state index contributed by atoms with van der Waals surface area (Å²) in [7, 11) is -1.51. The summed E-state index contributed by atoms with van der Waals surface area (Å²) in [6.45, 7) is 11.9. The van der Waals surface area contributed by atoms with E-state index in [-0.39, 0.29) is 0 Å². The number of rotatable bonds is 1. The molecule has 1 aromatic carbocycles. The van der Waals surface area contributed by atoms with E-state index in [2.05, 4.69) is 79.0 Å². The molecule has 0 atom stereocenters. The Labute approximate surface area is 113 Å². The van der Waals surface area contributed by atoms with Crippen LogP contribution >= 0.6 is 15.9 Å². The van der Waals surface area contributed by atoms with E-state index in [4.69, 9.17) is 0 Å². The summed E-state index contributed by atoms with van der Waals surface area (Å²) in [6, 6.07) is 8.50. The Morgan fingerprint density at radius 2 is 1.71 bits per heavy atom. The van der Waals surface area contributed by atoms with E-state index in [1.54, 1.807) is 0 Å². The van der Waals surface area contributed by atoms with E-state index in [1.165, 1.54) is 20.7 Å². The number of aromatic nitrogens is 1. The fourth-order valence-corrected chi connectivity index (χ4v) is 5.73.